The van der Waals surface area contributed by atoms with Crippen LogP contribution in [0.3, 0.4) is 0 Å². The van der Waals surface area contributed by atoms with E-state index in [9.17, 15) is 0 Å². The quantitative estimate of drug-likeness (QED) is 0.302. The number of benzene rings is 3. The fourth-order valence-electron chi connectivity index (χ4n) is 3.82. The lowest BCUT2D eigenvalue weighted by molar-refractivity contribution is 0.670. The van der Waals surface area contributed by atoms with E-state index in [1.54, 1.807) is 6.08 Å². The second kappa shape index (κ2) is 7.45. The SMILES string of the molecule is C=C/C=C\C(=C/C)c1nc(-c2cccc3c2oc2ccccc23)c2ccccc2n1. The third-order valence-corrected chi connectivity index (χ3v) is 5.24. The van der Waals surface area contributed by atoms with Gasteiger partial charge in [-0.2, -0.15) is 0 Å². The minimum atomic E-state index is 0.678. The average Bonchev–Trinajstić information content (AvgIpc) is 3.18. The number of hydrogen-bond donors (Lipinski definition) is 0. The molecule has 0 unspecified atom stereocenters. The van der Waals surface area contributed by atoms with Crippen LogP contribution in [0.25, 0.3) is 49.7 Å². The van der Waals surface area contributed by atoms with Gasteiger partial charge in [-0.1, -0.05) is 79.4 Å². The Morgan fingerprint density at radius 2 is 1.63 bits per heavy atom. The molecule has 0 saturated heterocycles. The molecular formula is C27H20N2O. The maximum atomic E-state index is 6.28. The first-order valence-electron chi connectivity index (χ1n) is 9.93. The van der Waals surface area contributed by atoms with E-state index in [1.165, 1.54) is 0 Å². The molecule has 0 spiro atoms. The van der Waals surface area contributed by atoms with Crippen LogP contribution in [0, 0.1) is 0 Å². The Bertz CT molecular complexity index is 1470. The third-order valence-electron chi connectivity index (χ3n) is 5.24. The molecule has 0 saturated carbocycles. The van der Waals surface area contributed by atoms with Crippen molar-refractivity contribution in [1.29, 1.82) is 0 Å². The van der Waals surface area contributed by atoms with E-state index in [1.807, 2.05) is 61.5 Å². The Hall–Kier alpha value is -3.98. The van der Waals surface area contributed by atoms with Gasteiger partial charge in [0.2, 0.25) is 0 Å². The van der Waals surface area contributed by atoms with Crippen LogP contribution in [0.2, 0.25) is 0 Å². The number of fused-ring (bicyclic) bond motifs is 4. The summed E-state index contributed by atoms with van der Waals surface area (Å²) >= 11 is 0. The molecule has 0 aliphatic heterocycles. The minimum Gasteiger partial charge on any atom is -0.455 e. The van der Waals surface area contributed by atoms with Crippen LogP contribution in [-0.4, -0.2) is 9.97 Å². The Labute approximate surface area is 174 Å². The van der Waals surface area contributed by atoms with Gasteiger partial charge in [0, 0.05) is 27.3 Å². The first kappa shape index (κ1) is 18.1. The van der Waals surface area contributed by atoms with Gasteiger partial charge in [0.1, 0.15) is 11.2 Å². The maximum Gasteiger partial charge on any atom is 0.160 e. The van der Waals surface area contributed by atoms with Crippen LogP contribution in [0.1, 0.15) is 12.7 Å². The first-order chi connectivity index (χ1) is 14.8. The molecule has 3 heteroatoms. The molecule has 0 aliphatic rings. The highest BCUT2D eigenvalue weighted by Crippen LogP contribution is 2.37. The zero-order valence-electron chi connectivity index (χ0n) is 16.7. The van der Waals surface area contributed by atoms with Gasteiger partial charge < -0.3 is 4.42 Å². The maximum absolute atomic E-state index is 6.28. The van der Waals surface area contributed by atoms with Crippen molar-refractivity contribution in [2.45, 2.75) is 6.92 Å². The molecule has 0 radical (unpaired) electrons. The van der Waals surface area contributed by atoms with Crippen molar-refractivity contribution in [3.63, 3.8) is 0 Å². The lowest BCUT2D eigenvalue weighted by Crippen LogP contribution is -1.98. The predicted octanol–water partition coefficient (Wildman–Crippen LogP) is 7.34. The largest absolute Gasteiger partial charge is 0.455 e. The zero-order chi connectivity index (χ0) is 20.5. The standard InChI is InChI=1S/C27H20N2O/c1-3-5-11-18(4-2)27-28-23-16-8-6-13-21(23)25(29-27)22-15-10-14-20-19-12-7-9-17-24(19)30-26(20)22/h3-17H,1H2,2H3/b11-5-,18-4+. The van der Waals surface area contributed by atoms with Crippen molar-refractivity contribution in [3.05, 3.63) is 103 Å². The molecule has 0 N–H and O–H groups in total. The van der Waals surface area contributed by atoms with E-state index in [4.69, 9.17) is 14.4 Å². The highest BCUT2D eigenvalue weighted by Gasteiger charge is 2.17. The molecule has 2 aromatic heterocycles. The highest BCUT2D eigenvalue weighted by atomic mass is 16.3. The van der Waals surface area contributed by atoms with E-state index >= 15 is 0 Å². The van der Waals surface area contributed by atoms with Crippen LogP contribution < -0.4 is 0 Å². The monoisotopic (exact) mass is 388 g/mol. The van der Waals surface area contributed by atoms with Crippen molar-refractivity contribution in [3.8, 4) is 11.3 Å². The summed E-state index contributed by atoms with van der Waals surface area (Å²) in [5, 5.41) is 3.19. The van der Waals surface area contributed by atoms with E-state index in [-0.39, 0.29) is 0 Å². The smallest absolute Gasteiger partial charge is 0.160 e. The molecule has 0 fully saturated rings. The minimum absolute atomic E-state index is 0.678. The van der Waals surface area contributed by atoms with Gasteiger partial charge in [-0.15, -0.1) is 0 Å². The lowest BCUT2D eigenvalue weighted by atomic mass is 10.0. The van der Waals surface area contributed by atoms with E-state index < -0.39 is 0 Å². The Morgan fingerprint density at radius 1 is 0.867 bits per heavy atom. The lowest BCUT2D eigenvalue weighted by Gasteiger charge is -2.10. The normalized spacial score (nSPS) is 12.4. The molecule has 3 nitrogen and oxygen atoms in total. The number of para-hydroxylation sites is 3. The van der Waals surface area contributed by atoms with Gasteiger partial charge in [-0.25, -0.2) is 9.97 Å². The summed E-state index contributed by atoms with van der Waals surface area (Å²) in [6, 6.07) is 22.4. The van der Waals surface area contributed by atoms with E-state index in [2.05, 4.69) is 36.9 Å². The van der Waals surface area contributed by atoms with E-state index in [0.29, 0.717) is 5.82 Å². The first-order valence-corrected chi connectivity index (χ1v) is 9.93. The summed E-state index contributed by atoms with van der Waals surface area (Å²) < 4.78 is 6.28. The van der Waals surface area contributed by atoms with Crippen LogP contribution in [0.15, 0.2) is 102 Å². The molecule has 2 heterocycles. The number of aromatic nitrogens is 2. The molecule has 144 valence electrons. The number of nitrogens with zero attached hydrogens (tertiary/aromatic N) is 2. The number of rotatable bonds is 4. The number of hydrogen-bond acceptors (Lipinski definition) is 3. The Balaban J connectivity index is 1.84. The van der Waals surface area contributed by atoms with Crippen molar-refractivity contribution >= 4 is 38.4 Å². The summed E-state index contributed by atoms with van der Waals surface area (Å²) in [6.45, 7) is 5.75. The van der Waals surface area contributed by atoms with Crippen LogP contribution in [-0.2, 0) is 0 Å². The summed E-state index contributed by atoms with van der Waals surface area (Å²) in [5.74, 6) is 0.678. The molecule has 0 amide bonds. The van der Waals surface area contributed by atoms with Gasteiger partial charge >= 0.3 is 0 Å². The predicted molar refractivity (Wildman–Crippen MR) is 125 cm³/mol. The molecule has 0 atom stereocenters. The average molecular weight is 388 g/mol. The van der Waals surface area contributed by atoms with Crippen molar-refractivity contribution in [1.82, 2.24) is 9.97 Å². The van der Waals surface area contributed by atoms with Crippen LogP contribution in [0.5, 0.6) is 0 Å². The van der Waals surface area contributed by atoms with Crippen molar-refractivity contribution < 1.29 is 4.42 Å². The summed E-state index contributed by atoms with van der Waals surface area (Å²) in [6.07, 6.45) is 7.63. The summed E-state index contributed by atoms with van der Waals surface area (Å²) in [4.78, 5) is 9.80. The van der Waals surface area contributed by atoms with Crippen molar-refractivity contribution in [2.24, 2.45) is 0 Å². The van der Waals surface area contributed by atoms with Crippen LogP contribution >= 0.6 is 0 Å². The second-order valence-corrected chi connectivity index (χ2v) is 7.03. The second-order valence-electron chi connectivity index (χ2n) is 7.03. The Morgan fingerprint density at radius 3 is 2.47 bits per heavy atom. The topological polar surface area (TPSA) is 38.9 Å². The van der Waals surface area contributed by atoms with Gasteiger partial charge in [0.25, 0.3) is 0 Å². The van der Waals surface area contributed by atoms with Gasteiger partial charge in [0.05, 0.1) is 11.2 Å². The molecule has 5 aromatic rings. The van der Waals surface area contributed by atoms with Gasteiger partial charge in [-0.05, 0) is 25.1 Å². The summed E-state index contributed by atoms with van der Waals surface area (Å²) in [7, 11) is 0. The van der Waals surface area contributed by atoms with Gasteiger partial charge in [0.15, 0.2) is 5.82 Å². The van der Waals surface area contributed by atoms with Gasteiger partial charge in [-0.3, -0.25) is 0 Å². The Kier molecular flexibility index (Phi) is 4.49. The number of allylic oxidation sites excluding steroid dienone is 5. The number of furan rings is 1. The summed E-state index contributed by atoms with van der Waals surface area (Å²) in [5.41, 5.74) is 5.40. The molecule has 3 aromatic carbocycles. The molecule has 5 rings (SSSR count). The van der Waals surface area contributed by atoms with Crippen LogP contribution in [0.4, 0.5) is 0 Å². The molecule has 0 bridgehead atoms. The molecule has 0 aliphatic carbocycles. The van der Waals surface area contributed by atoms with E-state index in [0.717, 1.165) is 49.7 Å². The fraction of sp³-hybridized carbons (Fsp3) is 0.0370. The van der Waals surface area contributed by atoms with Crippen molar-refractivity contribution in [2.75, 3.05) is 0 Å². The highest BCUT2D eigenvalue weighted by molar-refractivity contribution is 6.11. The third kappa shape index (κ3) is 2.92. The zero-order valence-corrected chi connectivity index (χ0v) is 16.7. The molecular weight excluding hydrogens is 368 g/mol. The molecule has 30 heavy (non-hydrogen) atoms. The fourth-order valence-corrected chi connectivity index (χ4v) is 3.82.